The largest absolute Gasteiger partial charge is 0.383 e. The molecule has 5 nitrogen and oxygen atoms in total. The molecule has 0 unspecified atom stereocenters. The van der Waals surface area contributed by atoms with Crippen molar-refractivity contribution in [3.63, 3.8) is 0 Å². The Bertz CT molecular complexity index is 649. The third-order valence-electron chi connectivity index (χ3n) is 2.56. The maximum atomic E-state index is 5.75. The molecule has 0 radical (unpaired) electrons. The van der Waals surface area contributed by atoms with Crippen LogP contribution in [0.2, 0.25) is 0 Å². The Hall–Kier alpha value is -2.30. The zero-order chi connectivity index (χ0) is 11.1. The fourth-order valence-electron chi connectivity index (χ4n) is 1.74. The molecular weight excluding hydrogens is 202 g/mol. The molecule has 3 aromatic rings. The van der Waals surface area contributed by atoms with Crippen molar-refractivity contribution in [3.05, 3.63) is 30.0 Å². The van der Waals surface area contributed by atoms with E-state index in [9.17, 15) is 0 Å². The van der Waals surface area contributed by atoms with E-state index in [-0.39, 0.29) is 0 Å². The Morgan fingerprint density at radius 2 is 2.19 bits per heavy atom. The van der Waals surface area contributed by atoms with Gasteiger partial charge in [0.1, 0.15) is 11.6 Å². The first-order valence-electron chi connectivity index (χ1n) is 4.99. The van der Waals surface area contributed by atoms with Gasteiger partial charge in [-0.25, -0.2) is 4.98 Å². The van der Waals surface area contributed by atoms with Gasteiger partial charge in [0.05, 0.1) is 22.8 Å². The smallest absolute Gasteiger partial charge is 0.143 e. The fourth-order valence-corrected chi connectivity index (χ4v) is 1.74. The lowest BCUT2D eigenvalue weighted by molar-refractivity contribution is 1.10. The molecule has 16 heavy (non-hydrogen) atoms. The van der Waals surface area contributed by atoms with Crippen LogP contribution in [0, 0.1) is 6.92 Å². The number of aromatic amines is 2. The van der Waals surface area contributed by atoms with E-state index in [1.54, 1.807) is 6.20 Å². The van der Waals surface area contributed by atoms with Crippen LogP contribution < -0.4 is 5.73 Å². The van der Waals surface area contributed by atoms with E-state index in [1.807, 2.05) is 19.1 Å². The molecule has 0 saturated heterocycles. The minimum atomic E-state index is 0.524. The van der Waals surface area contributed by atoms with E-state index in [4.69, 9.17) is 5.73 Å². The zero-order valence-corrected chi connectivity index (χ0v) is 8.78. The number of aryl methyl sites for hydroxylation is 1. The van der Waals surface area contributed by atoms with Gasteiger partial charge in [-0.3, -0.25) is 5.10 Å². The maximum Gasteiger partial charge on any atom is 0.143 e. The minimum Gasteiger partial charge on any atom is -0.383 e. The summed E-state index contributed by atoms with van der Waals surface area (Å²) in [5, 5.41) is 6.57. The quantitative estimate of drug-likeness (QED) is 0.576. The molecular formula is C11H11N5. The van der Waals surface area contributed by atoms with E-state index in [1.165, 1.54) is 5.56 Å². The van der Waals surface area contributed by atoms with Crippen molar-refractivity contribution in [1.82, 2.24) is 20.2 Å². The van der Waals surface area contributed by atoms with E-state index >= 15 is 0 Å². The van der Waals surface area contributed by atoms with Crippen molar-refractivity contribution in [2.24, 2.45) is 0 Å². The number of hydrogen-bond acceptors (Lipinski definition) is 3. The second-order valence-electron chi connectivity index (χ2n) is 3.80. The summed E-state index contributed by atoms with van der Waals surface area (Å²) in [6, 6.07) is 6.08. The number of benzene rings is 1. The second kappa shape index (κ2) is 3.10. The molecule has 3 rings (SSSR count). The molecule has 0 amide bonds. The van der Waals surface area contributed by atoms with Crippen molar-refractivity contribution in [1.29, 1.82) is 0 Å². The topological polar surface area (TPSA) is 83.4 Å². The minimum absolute atomic E-state index is 0.524. The molecule has 2 aromatic heterocycles. The van der Waals surface area contributed by atoms with Crippen LogP contribution in [0.1, 0.15) is 5.56 Å². The fraction of sp³-hybridized carbons (Fsp3) is 0.0909. The van der Waals surface area contributed by atoms with Crippen LogP contribution in [-0.4, -0.2) is 20.2 Å². The second-order valence-corrected chi connectivity index (χ2v) is 3.80. The van der Waals surface area contributed by atoms with Gasteiger partial charge in [-0.1, -0.05) is 6.07 Å². The molecule has 0 aliphatic carbocycles. The zero-order valence-electron chi connectivity index (χ0n) is 8.78. The summed E-state index contributed by atoms with van der Waals surface area (Å²) in [5.74, 6) is 1.27. The summed E-state index contributed by atoms with van der Waals surface area (Å²) in [5.41, 5.74) is 9.68. The number of nitrogens with zero attached hydrogens (tertiary/aromatic N) is 2. The summed E-state index contributed by atoms with van der Waals surface area (Å²) >= 11 is 0. The molecule has 0 spiro atoms. The number of nitrogens with one attached hydrogen (secondary N) is 2. The van der Waals surface area contributed by atoms with Crippen molar-refractivity contribution in [2.75, 3.05) is 5.73 Å². The Labute approximate surface area is 91.7 Å². The van der Waals surface area contributed by atoms with Gasteiger partial charge < -0.3 is 10.7 Å². The number of rotatable bonds is 1. The van der Waals surface area contributed by atoms with Crippen LogP contribution in [-0.2, 0) is 0 Å². The van der Waals surface area contributed by atoms with E-state index in [2.05, 4.69) is 26.2 Å². The average Bonchev–Trinajstić information content (AvgIpc) is 2.82. The number of imidazole rings is 1. The highest BCUT2D eigenvalue weighted by molar-refractivity contribution is 5.81. The third-order valence-corrected chi connectivity index (χ3v) is 2.56. The van der Waals surface area contributed by atoms with Gasteiger partial charge in [0.25, 0.3) is 0 Å². The Balaban J connectivity index is 2.23. The van der Waals surface area contributed by atoms with E-state index in [0.29, 0.717) is 5.82 Å². The standard InChI is InChI=1S/C11H11N5/c1-6-2-3-8-9(4-6)15-11(14-8)7-5-13-16-10(7)12/h2-5H,1H3,(H,14,15)(H3,12,13,16). The molecule has 2 heterocycles. The number of H-pyrrole nitrogens is 2. The number of hydrogen-bond donors (Lipinski definition) is 3. The van der Waals surface area contributed by atoms with Crippen LogP contribution in [0.25, 0.3) is 22.4 Å². The predicted octanol–water partition coefficient (Wildman–Crippen LogP) is 1.84. The predicted molar refractivity (Wildman–Crippen MR) is 62.8 cm³/mol. The number of nitrogens with two attached hydrogens (primary N) is 1. The molecule has 5 heteroatoms. The first kappa shape index (κ1) is 8.96. The van der Waals surface area contributed by atoms with Crippen LogP contribution >= 0.6 is 0 Å². The van der Waals surface area contributed by atoms with Gasteiger partial charge in [0.15, 0.2) is 0 Å². The highest BCUT2D eigenvalue weighted by atomic mass is 15.1. The van der Waals surface area contributed by atoms with E-state index in [0.717, 1.165) is 22.4 Å². The van der Waals surface area contributed by atoms with Crippen molar-refractivity contribution < 1.29 is 0 Å². The molecule has 0 aliphatic heterocycles. The molecule has 0 aliphatic rings. The Morgan fingerprint density at radius 3 is 2.94 bits per heavy atom. The number of fused-ring (bicyclic) bond motifs is 1. The number of aromatic nitrogens is 4. The lowest BCUT2D eigenvalue weighted by Crippen LogP contribution is -1.88. The van der Waals surface area contributed by atoms with Crippen molar-refractivity contribution in [2.45, 2.75) is 6.92 Å². The molecule has 0 fully saturated rings. The highest BCUT2D eigenvalue weighted by Gasteiger charge is 2.09. The van der Waals surface area contributed by atoms with Gasteiger partial charge >= 0.3 is 0 Å². The highest BCUT2D eigenvalue weighted by Crippen LogP contribution is 2.23. The first-order valence-corrected chi connectivity index (χ1v) is 4.99. The molecule has 0 saturated carbocycles. The summed E-state index contributed by atoms with van der Waals surface area (Å²) in [6.07, 6.45) is 1.67. The summed E-state index contributed by atoms with van der Waals surface area (Å²) < 4.78 is 0. The molecule has 0 bridgehead atoms. The molecule has 4 N–H and O–H groups in total. The third kappa shape index (κ3) is 1.25. The SMILES string of the molecule is Cc1ccc2nc(-c3cn[nH]c3N)[nH]c2c1. The summed E-state index contributed by atoms with van der Waals surface area (Å²) in [4.78, 5) is 7.69. The Morgan fingerprint density at radius 1 is 1.31 bits per heavy atom. The summed E-state index contributed by atoms with van der Waals surface area (Å²) in [7, 11) is 0. The van der Waals surface area contributed by atoms with E-state index < -0.39 is 0 Å². The summed E-state index contributed by atoms with van der Waals surface area (Å²) in [6.45, 7) is 2.05. The number of nitrogen functional groups attached to an aromatic ring is 1. The number of anilines is 1. The van der Waals surface area contributed by atoms with Crippen LogP contribution in [0.4, 0.5) is 5.82 Å². The van der Waals surface area contributed by atoms with Crippen LogP contribution in [0.5, 0.6) is 0 Å². The van der Waals surface area contributed by atoms with Gasteiger partial charge in [-0.05, 0) is 24.6 Å². The van der Waals surface area contributed by atoms with Gasteiger partial charge in [-0.15, -0.1) is 0 Å². The monoisotopic (exact) mass is 213 g/mol. The Kier molecular flexibility index (Phi) is 1.73. The van der Waals surface area contributed by atoms with Gasteiger partial charge in [-0.2, -0.15) is 5.10 Å². The van der Waals surface area contributed by atoms with Crippen LogP contribution in [0.15, 0.2) is 24.4 Å². The lowest BCUT2D eigenvalue weighted by atomic mass is 10.2. The average molecular weight is 213 g/mol. The van der Waals surface area contributed by atoms with Crippen molar-refractivity contribution in [3.8, 4) is 11.4 Å². The molecule has 80 valence electrons. The maximum absolute atomic E-state index is 5.75. The van der Waals surface area contributed by atoms with Gasteiger partial charge in [0.2, 0.25) is 0 Å². The molecule has 1 aromatic carbocycles. The first-order chi connectivity index (χ1) is 7.74. The normalized spacial score (nSPS) is 11.1. The van der Waals surface area contributed by atoms with Gasteiger partial charge in [0, 0.05) is 0 Å². The lowest BCUT2D eigenvalue weighted by Gasteiger charge is -1.91. The van der Waals surface area contributed by atoms with Crippen molar-refractivity contribution >= 4 is 16.9 Å². The van der Waals surface area contributed by atoms with Crippen LogP contribution in [0.3, 0.4) is 0 Å². The molecule has 0 atom stereocenters.